The maximum Gasteiger partial charge on any atom is 0.161 e. The molecule has 0 atom stereocenters. The Morgan fingerprint density at radius 2 is 2.11 bits per heavy atom. The van der Waals surface area contributed by atoms with Crippen molar-refractivity contribution in [2.75, 3.05) is 23.8 Å². The Morgan fingerprint density at radius 1 is 1.44 bits per heavy atom. The van der Waals surface area contributed by atoms with E-state index in [2.05, 4.69) is 18.7 Å². The SMILES string of the molecule is CC(=O)c1ccc(N(CCCO)C(C)C)cc1N. The molecule has 0 spiro atoms. The lowest BCUT2D eigenvalue weighted by Crippen LogP contribution is -2.32. The molecule has 18 heavy (non-hydrogen) atoms. The van der Waals surface area contributed by atoms with Crippen LogP contribution in [0.15, 0.2) is 18.2 Å². The fraction of sp³-hybridized carbons (Fsp3) is 0.500. The zero-order chi connectivity index (χ0) is 13.7. The molecular weight excluding hydrogens is 228 g/mol. The van der Waals surface area contributed by atoms with Crippen LogP contribution in [0.4, 0.5) is 11.4 Å². The Kier molecular flexibility index (Phi) is 5.16. The summed E-state index contributed by atoms with van der Waals surface area (Å²) in [6.45, 7) is 6.63. The summed E-state index contributed by atoms with van der Waals surface area (Å²) in [7, 11) is 0. The lowest BCUT2D eigenvalue weighted by Gasteiger charge is -2.29. The van der Waals surface area contributed by atoms with E-state index in [0.29, 0.717) is 23.7 Å². The van der Waals surface area contributed by atoms with E-state index in [1.165, 1.54) is 6.92 Å². The second-order valence-corrected chi connectivity index (χ2v) is 4.69. The van der Waals surface area contributed by atoms with Crippen LogP contribution < -0.4 is 10.6 Å². The van der Waals surface area contributed by atoms with Crippen molar-refractivity contribution in [1.82, 2.24) is 0 Å². The summed E-state index contributed by atoms with van der Waals surface area (Å²) in [6, 6.07) is 5.82. The molecule has 3 N–H and O–H groups in total. The second-order valence-electron chi connectivity index (χ2n) is 4.69. The van der Waals surface area contributed by atoms with Gasteiger partial charge < -0.3 is 15.7 Å². The van der Waals surface area contributed by atoms with Gasteiger partial charge in [-0.05, 0) is 45.4 Å². The van der Waals surface area contributed by atoms with Gasteiger partial charge in [-0.15, -0.1) is 0 Å². The monoisotopic (exact) mass is 250 g/mol. The molecule has 0 unspecified atom stereocenters. The molecule has 0 aliphatic heterocycles. The van der Waals surface area contributed by atoms with Crippen LogP contribution in [0.2, 0.25) is 0 Å². The summed E-state index contributed by atoms with van der Waals surface area (Å²) in [5, 5.41) is 8.92. The minimum Gasteiger partial charge on any atom is -0.398 e. The van der Waals surface area contributed by atoms with Gasteiger partial charge in [0, 0.05) is 36.1 Å². The lowest BCUT2D eigenvalue weighted by atomic mass is 10.1. The third kappa shape index (κ3) is 3.47. The fourth-order valence-corrected chi connectivity index (χ4v) is 1.98. The van der Waals surface area contributed by atoms with E-state index in [1.807, 2.05) is 12.1 Å². The van der Waals surface area contributed by atoms with Gasteiger partial charge >= 0.3 is 0 Å². The molecule has 0 bridgehead atoms. The first kappa shape index (κ1) is 14.5. The van der Waals surface area contributed by atoms with Crippen molar-refractivity contribution in [2.24, 2.45) is 0 Å². The third-order valence-corrected chi connectivity index (χ3v) is 2.93. The zero-order valence-electron chi connectivity index (χ0n) is 11.3. The van der Waals surface area contributed by atoms with Crippen LogP contribution >= 0.6 is 0 Å². The van der Waals surface area contributed by atoms with Crippen LogP contribution in [-0.4, -0.2) is 30.1 Å². The highest BCUT2D eigenvalue weighted by Gasteiger charge is 2.12. The van der Waals surface area contributed by atoms with Crippen LogP contribution in [0, 0.1) is 0 Å². The average Bonchev–Trinajstić information content (AvgIpc) is 2.28. The highest BCUT2D eigenvalue weighted by molar-refractivity contribution is 5.99. The number of rotatable bonds is 6. The first-order valence-electron chi connectivity index (χ1n) is 6.25. The van der Waals surface area contributed by atoms with Gasteiger partial charge in [0.1, 0.15) is 0 Å². The van der Waals surface area contributed by atoms with Gasteiger partial charge in [0.15, 0.2) is 5.78 Å². The van der Waals surface area contributed by atoms with Gasteiger partial charge in [-0.1, -0.05) is 0 Å². The number of nitrogens with zero attached hydrogens (tertiary/aromatic N) is 1. The molecule has 100 valence electrons. The molecule has 0 saturated heterocycles. The quantitative estimate of drug-likeness (QED) is 0.599. The van der Waals surface area contributed by atoms with E-state index in [0.717, 1.165) is 12.2 Å². The Labute approximate surface area is 108 Å². The highest BCUT2D eigenvalue weighted by atomic mass is 16.3. The Balaban J connectivity index is 2.99. The predicted molar refractivity (Wildman–Crippen MR) is 75.0 cm³/mol. The van der Waals surface area contributed by atoms with Crippen molar-refractivity contribution in [1.29, 1.82) is 0 Å². The van der Waals surface area contributed by atoms with Crippen LogP contribution in [0.5, 0.6) is 0 Å². The maximum atomic E-state index is 11.3. The molecule has 0 amide bonds. The van der Waals surface area contributed by atoms with Crippen LogP contribution in [0.3, 0.4) is 0 Å². The molecule has 4 heteroatoms. The van der Waals surface area contributed by atoms with Gasteiger partial charge in [0.25, 0.3) is 0 Å². The first-order valence-corrected chi connectivity index (χ1v) is 6.25. The molecule has 1 aromatic carbocycles. The van der Waals surface area contributed by atoms with Crippen LogP contribution in [-0.2, 0) is 0 Å². The number of nitrogens with two attached hydrogens (primary N) is 1. The normalized spacial score (nSPS) is 10.7. The topological polar surface area (TPSA) is 66.6 Å². The molecule has 0 fully saturated rings. The Hall–Kier alpha value is -1.55. The lowest BCUT2D eigenvalue weighted by molar-refractivity contribution is 0.101. The molecular formula is C14H22N2O2. The van der Waals surface area contributed by atoms with Crippen LogP contribution in [0.25, 0.3) is 0 Å². The van der Waals surface area contributed by atoms with Gasteiger partial charge in [0.05, 0.1) is 0 Å². The number of hydrogen-bond acceptors (Lipinski definition) is 4. The smallest absolute Gasteiger partial charge is 0.161 e. The van der Waals surface area contributed by atoms with Crippen LogP contribution in [0.1, 0.15) is 37.6 Å². The summed E-state index contributed by atoms with van der Waals surface area (Å²) in [5.41, 5.74) is 7.95. The summed E-state index contributed by atoms with van der Waals surface area (Å²) < 4.78 is 0. The molecule has 0 saturated carbocycles. The summed E-state index contributed by atoms with van der Waals surface area (Å²) in [4.78, 5) is 13.5. The van der Waals surface area contributed by atoms with E-state index < -0.39 is 0 Å². The number of Topliss-reactive ketones (excluding diaryl/α,β-unsaturated/α-hetero) is 1. The Bertz CT molecular complexity index is 416. The molecule has 0 radical (unpaired) electrons. The first-order chi connectivity index (χ1) is 8.47. The molecule has 0 aromatic heterocycles. The van der Waals surface area contributed by atoms with E-state index in [4.69, 9.17) is 10.8 Å². The summed E-state index contributed by atoms with van der Waals surface area (Å²) >= 11 is 0. The minimum atomic E-state index is -0.0227. The molecule has 1 aromatic rings. The molecule has 0 aliphatic rings. The number of hydrogen-bond donors (Lipinski definition) is 2. The number of ketones is 1. The number of carbonyl (C=O) groups excluding carboxylic acids is 1. The van der Waals surface area contributed by atoms with Gasteiger partial charge in [0.2, 0.25) is 0 Å². The van der Waals surface area contributed by atoms with Crippen molar-refractivity contribution >= 4 is 17.2 Å². The van der Waals surface area contributed by atoms with E-state index in [-0.39, 0.29) is 12.4 Å². The van der Waals surface area contributed by atoms with Gasteiger partial charge in [-0.25, -0.2) is 0 Å². The number of carbonyl (C=O) groups is 1. The van der Waals surface area contributed by atoms with Crippen molar-refractivity contribution in [3.05, 3.63) is 23.8 Å². The number of benzene rings is 1. The molecule has 0 heterocycles. The molecule has 0 aliphatic carbocycles. The number of anilines is 2. The fourth-order valence-electron chi connectivity index (χ4n) is 1.98. The zero-order valence-corrected chi connectivity index (χ0v) is 11.3. The predicted octanol–water partition coefficient (Wildman–Crippen LogP) is 2.07. The maximum absolute atomic E-state index is 11.3. The van der Waals surface area contributed by atoms with Gasteiger partial charge in [-0.3, -0.25) is 4.79 Å². The van der Waals surface area contributed by atoms with Crippen molar-refractivity contribution in [3.63, 3.8) is 0 Å². The number of aliphatic hydroxyl groups excluding tert-OH is 1. The molecule has 4 nitrogen and oxygen atoms in total. The number of nitrogen functional groups attached to an aromatic ring is 1. The Morgan fingerprint density at radius 3 is 2.56 bits per heavy atom. The highest BCUT2D eigenvalue weighted by Crippen LogP contribution is 2.23. The second kappa shape index (κ2) is 6.40. The minimum absolute atomic E-state index is 0.0227. The molecule has 1 rings (SSSR count). The standard InChI is InChI=1S/C14H22N2O2/c1-10(2)16(7-4-8-17)12-5-6-13(11(3)18)14(15)9-12/h5-6,9-10,17H,4,7-8,15H2,1-3H3. The van der Waals surface area contributed by atoms with Crippen molar-refractivity contribution < 1.29 is 9.90 Å². The van der Waals surface area contributed by atoms with Gasteiger partial charge in [-0.2, -0.15) is 0 Å². The van der Waals surface area contributed by atoms with E-state index in [9.17, 15) is 4.79 Å². The van der Waals surface area contributed by atoms with Crippen molar-refractivity contribution in [2.45, 2.75) is 33.2 Å². The summed E-state index contributed by atoms with van der Waals surface area (Å²) in [5.74, 6) is -0.0227. The van der Waals surface area contributed by atoms with Crippen molar-refractivity contribution in [3.8, 4) is 0 Å². The van der Waals surface area contributed by atoms with E-state index >= 15 is 0 Å². The summed E-state index contributed by atoms with van der Waals surface area (Å²) in [6.07, 6.45) is 0.715. The van der Waals surface area contributed by atoms with E-state index in [1.54, 1.807) is 6.07 Å². The third-order valence-electron chi connectivity index (χ3n) is 2.93. The number of aliphatic hydroxyl groups is 1. The average molecular weight is 250 g/mol. The largest absolute Gasteiger partial charge is 0.398 e.